The second-order valence-corrected chi connectivity index (χ2v) is 5.61. The standard InChI is InChI=1S/C17H20N4O5/c1-11(16(23)24)20-15(22)14(7-13-8-18-10-19-13)21-17(25)26-9-12-5-3-2-4-6-12/h2-6,8,10-11,14H,7,9H2,1H3,(H,18,19)(H,20,22)(H,21,25)(H,23,24)/t11-,14-/m1/s1. The van der Waals surface area contributed by atoms with Crippen LogP contribution < -0.4 is 10.6 Å². The highest BCUT2D eigenvalue weighted by molar-refractivity contribution is 5.89. The number of hydrogen-bond acceptors (Lipinski definition) is 5. The third-order valence-electron chi connectivity index (χ3n) is 3.53. The summed E-state index contributed by atoms with van der Waals surface area (Å²) in [5.41, 5.74) is 1.41. The van der Waals surface area contributed by atoms with Gasteiger partial charge in [-0.05, 0) is 12.5 Å². The van der Waals surface area contributed by atoms with Gasteiger partial charge >= 0.3 is 12.1 Å². The van der Waals surface area contributed by atoms with Gasteiger partial charge in [0.2, 0.25) is 5.91 Å². The van der Waals surface area contributed by atoms with Crippen LogP contribution >= 0.6 is 0 Å². The molecule has 0 bridgehead atoms. The molecule has 2 rings (SSSR count). The summed E-state index contributed by atoms with van der Waals surface area (Å²) in [7, 11) is 0. The van der Waals surface area contributed by atoms with Crippen LogP contribution in [-0.4, -0.2) is 45.1 Å². The van der Waals surface area contributed by atoms with Gasteiger partial charge in [-0.1, -0.05) is 30.3 Å². The second-order valence-electron chi connectivity index (χ2n) is 5.61. The molecule has 2 amide bonds. The minimum atomic E-state index is -1.18. The molecule has 4 N–H and O–H groups in total. The van der Waals surface area contributed by atoms with E-state index >= 15 is 0 Å². The number of aliphatic carboxylic acids is 1. The van der Waals surface area contributed by atoms with Gasteiger partial charge < -0.3 is 25.5 Å². The molecule has 0 fully saturated rings. The van der Waals surface area contributed by atoms with Crippen LogP contribution in [0, 0.1) is 0 Å². The lowest BCUT2D eigenvalue weighted by Crippen LogP contribution is -2.51. The van der Waals surface area contributed by atoms with Crippen molar-refractivity contribution in [3.05, 3.63) is 54.1 Å². The van der Waals surface area contributed by atoms with E-state index in [0.717, 1.165) is 5.56 Å². The van der Waals surface area contributed by atoms with E-state index in [1.54, 1.807) is 12.1 Å². The molecule has 9 nitrogen and oxygen atoms in total. The van der Waals surface area contributed by atoms with Gasteiger partial charge in [0.15, 0.2) is 0 Å². The Hall–Kier alpha value is -3.36. The number of alkyl carbamates (subject to hydrolysis) is 1. The van der Waals surface area contributed by atoms with Gasteiger partial charge in [-0.15, -0.1) is 0 Å². The van der Waals surface area contributed by atoms with E-state index in [9.17, 15) is 14.4 Å². The topological polar surface area (TPSA) is 133 Å². The lowest BCUT2D eigenvalue weighted by Gasteiger charge is -2.19. The first-order chi connectivity index (χ1) is 12.5. The highest BCUT2D eigenvalue weighted by Crippen LogP contribution is 2.03. The summed E-state index contributed by atoms with van der Waals surface area (Å²) >= 11 is 0. The minimum Gasteiger partial charge on any atom is -0.480 e. The Morgan fingerprint density at radius 3 is 2.58 bits per heavy atom. The number of H-pyrrole nitrogens is 1. The zero-order valence-electron chi connectivity index (χ0n) is 14.1. The summed E-state index contributed by atoms with van der Waals surface area (Å²) in [4.78, 5) is 41.9. The van der Waals surface area contributed by atoms with E-state index in [-0.39, 0.29) is 13.0 Å². The van der Waals surface area contributed by atoms with Crippen LogP contribution in [0.1, 0.15) is 18.2 Å². The molecule has 2 aromatic rings. The number of ether oxygens (including phenoxy) is 1. The highest BCUT2D eigenvalue weighted by Gasteiger charge is 2.25. The van der Waals surface area contributed by atoms with E-state index < -0.39 is 30.1 Å². The lowest BCUT2D eigenvalue weighted by atomic mass is 10.1. The summed E-state index contributed by atoms with van der Waals surface area (Å²) in [5, 5.41) is 13.7. The van der Waals surface area contributed by atoms with E-state index in [1.165, 1.54) is 19.4 Å². The van der Waals surface area contributed by atoms with Crippen molar-refractivity contribution in [3.63, 3.8) is 0 Å². The van der Waals surface area contributed by atoms with Crippen molar-refractivity contribution in [1.82, 2.24) is 20.6 Å². The molecule has 0 unspecified atom stereocenters. The number of carboxylic acids is 1. The van der Waals surface area contributed by atoms with Crippen molar-refractivity contribution in [3.8, 4) is 0 Å². The minimum absolute atomic E-state index is 0.0522. The Balaban J connectivity index is 1.97. The molecule has 1 heterocycles. The maximum atomic E-state index is 12.3. The first-order valence-corrected chi connectivity index (χ1v) is 7.93. The highest BCUT2D eigenvalue weighted by atomic mass is 16.5. The number of nitrogens with zero attached hydrogens (tertiary/aromatic N) is 1. The first kappa shape index (κ1) is 19.0. The maximum absolute atomic E-state index is 12.3. The fourth-order valence-electron chi connectivity index (χ4n) is 2.11. The SMILES string of the molecule is C[C@@H](NC(=O)[C@@H](Cc1cnc[nH]1)NC(=O)OCc1ccccc1)C(=O)O. The van der Waals surface area contributed by atoms with Crippen LogP contribution in [0.5, 0.6) is 0 Å². The molecule has 1 aromatic carbocycles. The Kier molecular flexibility index (Phi) is 6.72. The lowest BCUT2D eigenvalue weighted by molar-refractivity contribution is -0.141. The quantitative estimate of drug-likeness (QED) is 0.551. The van der Waals surface area contributed by atoms with Gasteiger partial charge in [0, 0.05) is 18.3 Å². The fraction of sp³-hybridized carbons (Fsp3) is 0.294. The molecule has 0 aliphatic rings. The number of rotatable bonds is 8. The van der Waals surface area contributed by atoms with Crippen LogP contribution in [0.15, 0.2) is 42.9 Å². The molecule has 9 heteroatoms. The number of benzene rings is 1. The van der Waals surface area contributed by atoms with Gasteiger partial charge in [0.25, 0.3) is 0 Å². The van der Waals surface area contributed by atoms with Gasteiger partial charge in [-0.2, -0.15) is 0 Å². The zero-order valence-corrected chi connectivity index (χ0v) is 14.1. The summed E-state index contributed by atoms with van der Waals surface area (Å²) in [6.45, 7) is 1.39. The first-order valence-electron chi connectivity index (χ1n) is 7.93. The van der Waals surface area contributed by atoms with Crippen molar-refractivity contribution >= 4 is 18.0 Å². The normalized spacial score (nSPS) is 12.7. The van der Waals surface area contributed by atoms with Crippen LogP contribution in [0.2, 0.25) is 0 Å². The monoisotopic (exact) mass is 360 g/mol. The molecule has 0 radical (unpaired) electrons. The maximum Gasteiger partial charge on any atom is 0.408 e. The van der Waals surface area contributed by atoms with E-state index in [0.29, 0.717) is 5.69 Å². The third-order valence-corrected chi connectivity index (χ3v) is 3.53. The van der Waals surface area contributed by atoms with Crippen molar-refractivity contribution in [2.24, 2.45) is 0 Å². The van der Waals surface area contributed by atoms with Crippen LogP contribution in [0.3, 0.4) is 0 Å². The number of carbonyl (C=O) groups is 3. The zero-order chi connectivity index (χ0) is 18.9. The van der Waals surface area contributed by atoms with Gasteiger partial charge in [0.1, 0.15) is 18.7 Å². The molecule has 0 aliphatic heterocycles. The predicted octanol–water partition coefficient (Wildman–Crippen LogP) is 0.836. The summed E-state index contributed by atoms with van der Waals surface area (Å²) < 4.78 is 5.11. The summed E-state index contributed by atoms with van der Waals surface area (Å²) in [6.07, 6.45) is 2.28. The Labute approximate surface area is 149 Å². The predicted molar refractivity (Wildman–Crippen MR) is 91.1 cm³/mol. The molecule has 138 valence electrons. The van der Waals surface area contributed by atoms with Crippen molar-refractivity contribution in [1.29, 1.82) is 0 Å². The smallest absolute Gasteiger partial charge is 0.408 e. The number of nitrogens with one attached hydrogen (secondary N) is 3. The van der Waals surface area contributed by atoms with Crippen molar-refractivity contribution in [2.75, 3.05) is 0 Å². The molecule has 0 saturated heterocycles. The van der Waals surface area contributed by atoms with Crippen LogP contribution in [-0.2, 0) is 27.4 Å². The van der Waals surface area contributed by atoms with Gasteiger partial charge in [-0.25, -0.2) is 9.78 Å². The van der Waals surface area contributed by atoms with E-state index in [4.69, 9.17) is 9.84 Å². The van der Waals surface area contributed by atoms with Gasteiger partial charge in [-0.3, -0.25) is 9.59 Å². The molecule has 1 aromatic heterocycles. The number of carboxylic acid groups (broad SMARTS) is 1. The molecule has 2 atom stereocenters. The van der Waals surface area contributed by atoms with Crippen molar-refractivity contribution < 1.29 is 24.2 Å². The molecule has 0 spiro atoms. The number of aromatic amines is 1. The van der Waals surface area contributed by atoms with E-state index in [1.807, 2.05) is 18.2 Å². The summed E-state index contributed by atoms with van der Waals surface area (Å²) in [5.74, 6) is -1.81. The Morgan fingerprint density at radius 1 is 1.23 bits per heavy atom. The van der Waals surface area contributed by atoms with Crippen LogP contribution in [0.4, 0.5) is 4.79 Å². The number of imidazole rings is 1. The molecular formula is C17H20N4O5. The fourth-order valence-corrected chi connectivity index (χ4v) is 2.11. The Bertz CT molecular complexity index is 733. The molecular weight excluding hydrogens is 340 g/mol. The Morgan fingerprint density at radius 2 is 1.96 bits per heavy atom. The largest absolute Gasteiger partial charge is 0.480 e. The average molecular weight is 360 g/mol. The van der Waals surface area contributed by atoms with Crippen LogP contribution in [0.25, 0.3) is 0 Å². The van der Waals surface area contributed by atoms with E-state index in [2.05, 4.69) is 20.6 Å². The number of hydrogen-bond donors (Lipinski definition) is 4. The molecule has 0 saturated carbocycles. The average Bonchev–Trinajstić information content (AvgIpc) is 3.13. The van der Waals surface area contributed by atoms with Crippen molar-refractivity contribution in [2.45, 2.75) is 32.0 Å². The molecule has 0 aliphatic carbocycles. The summed E-state index contributed by atoms with van der Waals surface area (Å²) in [6, 6.07) is 6.98. The second kappa shape index (κ2) is 9.21. The van der Waals surface area contributed by atoms with Gasteiger partial charge in [0.05, 0.1) is 6.33 Å². The number of aromatic nitrogens is 2. The third kappa shape index (κ3) is 5.93. The molecule has 26 heavy (non-hydrogen) atoms. The number of amides is 2. The number of carbonyl (C=O) groups excluding carboxylic acids is 2.